The van der Waals surface area contributed by atoms with Crippen molar-refractivity contribution in [3.05, 3.63) is 59.4 Å². The molecule has 1 fully saturated rings. The van der Waals surface area contributed by atoms with Crippen LogP contribution in [-0.2, 0) is 30.7 Å². The number of halogens is 3. The van der Waals surface area contributed by atoms with Crippen LogP contribution in [0.15, 0.2) is 42.7 Å². The van der Waals surface area contributed by atoms with E-state index in [1.807, 2.05) is 27.9 Å². The molecule has 0 unspecified atom stereocenters. The second kappa shape index (κ2) is 10.9. The fraction of sp³-hybridized carbons (Fsp3) is 0.500. The van der Waals surface area contributed by atoms with Crippen molar-refractivity contribution in [2.24, 2.45) is 0 Å². The lowest BCUT2D eigenvalue weighted by Gasteiger charge is -2.41. The maximum Gasteiger partial charge on any atom is 0.416 e. The topological polar surface area (TPSA) is 62.6 Å². The van der Waals surface area contributed by atoms with Gasteiger partial charge in [-0.15, -0.1) is 0 Å². The average molecular weight is 560 g/mol. The van der Waals surface area contributed by atoms with Crippen LogP contribution in [0.3, 0.4) is 0 Å². The summed E-state index contributed by atoms with van der Waals surface area (Å²) < 4.78 is 46.6. The molecule has 0 aliphatic carbocycles. The number of urea groups is 1. The minimum atomic E-state index is -4.33. The SMILES string of the molecule is C[Si](C)(C)CCOCn1ccc2c3c(cnc21)CNC(=O)N3C1CCN(Cc2ccc(C(F)(F)F)cc2)CC1. The molecule has 7 nitrogen and oxygen atoms in total. The van der Waals surface area contributed by atoms with Crippen molar-refractivity contribution < 1.29 is 22.7 Å². The minimum absolute atomic E-state index is 0.0230. The number of ether oxygens (including phenoxy) is 1. The van der Waals surface area contributed by atoms with Crippen LogP contribution in [0.4, 0.5) is 23.7 Å². The van der Waals surface area contributed by atoms with Gasteiger partial charge >= 0.3 is 12.2 Å². The molecule has 39 heavy (non-hydrogen) atoms. The highest BCUT2D eigenvalue weighted by atomic mass is 28.3. The van der Waals surface area contributed by atoms with Crippen molar-refractivity contribution >= 4 is 30.8 Å². The number of amides is 2. The lowest BCUT2D eigenvalue weighted by molar-refractivity contribution is -0.137. The largest absolute Gasteiger partial charge is 0.416 e. The van der Waals surface area contributed by atoms with E-state index in [9.17, 15) is 18.0 Å². The third-order valence-corrected chi connectivity index (χ3v) is 9.27. The van der Waals surface area contributed by atoms with E-state index in [4.69, 9.17) is 9.72 Å². The molecule has 0 saturated carbocycles. The monoisotopic (exact) mass is 559 g/mol. The fourth-order valence-electron chi connectivity index (χ4n) is 5.32. The Bertz CT molecular complexity index is 1310. The Kier molecular flexibility index (Phi) is 7.76. The van der Waals surface area contributed by atoms with E-state index in [0.29, 0.717) is 19.8 Å². The van der Waals surface area contributed by atoms with Crippen LogP contribution in [0.1, 0.15) is 29.5 Å². The summed E-state index contributed by atoms with van der Waals surface area (Å²) in [4.78, 5) is 22.0. The number of benzene rings is 1. The summed E-state index contributed by atoms with van der Waals surface area (Å²) in [6.07, 6.45) is 1.05. The Labute approximate surface area is 227 Å². The molecule has 1 N–H and O–H groups in total. The van der Waals surface area contributed by atoms with Gasteiger partial charge in [0.25, 0.3) is 0 Å². The van der Waals surface area contributed by atoms with Gasteiger partial charge in [-0.05, 0) is 42.6 Å². The summed E-state index contributed by atoms with van der Waals surface area (Å²) in [5, 5.41) is 3.94. The van der Waals surface area contributed by atoms with Crippen molar-refractivity contribution in [1.29, 1.82) is 0 Å². The Morgan fingerprint density at radius 1 is 1.10 bits per heavy atom. The summed E-state index contributed by atoms with van der Waals surface area (Å²) in [6.45, 7) is 10.7. The fourth-order valence-corrected chi connectivity index (χ4v) is 6.08. The van der Waals surface area contributed by atoms with Crippen LogP contribution in [0.25, 0.3) is 11.0 Å². The molecular formula is C28H36F3N5O2Si. The number of piperidine rings is 1. The molecule has 2 aliphatic rings. The maximum absolute atomic E-state index is 13.2. The van der Waals surface area contributed by atoms with Gasteiger partial charge in [0.05, 0.1) is 11.3 Å². The highest BCUT2D eigenvalue weighted by molar-refractivity contribution is 6.76. The molecule has 3 aromatic rings. The zero-order valence-electron chi connectivity index (χ0n) is 22.7. The molecule has 0 atom stereocenters. The second-order valence-corrected chi connectivity index (χ2v) is 17.4. The van der Waals surface area contributed by atoms with Crippen LogP contribution in [0, 0.1) is 0 Å². The van der Waals surface area contributed by atoms with Crippen LogP contribution in [0.5, 0.6) is 0 Å². The average Bonchev–Trinajstić information content (AvgIpc) is 3.30. The van der Waals surface area contributed by atoms with E-state index in [1.165, 1.54) is 0 Å². The minimum Gasteiger partial charge on any atom is -0.361 e. The van der Waals surface area contributed by atoms with Crippen molar-refractivity contribution in [3.8, 4) is 0 Å². The molecule has 0 radical (unpaired) electrons. The number of hydrogen-bond acceptors (Lipinski definition) is 4. The van der Waals surface area contributed by atoms with Crippen molar-refractivity contribution in [3.63, 3.8) is 0 Å². The molecule has 210 valence electrons. The number of alkyl halides is 3. The highest BCUT2D eigenvalue weighted by Gasteiger charge is 2.35. The quantitative estimate of drug-likeness (QED) is 0.269. The molecule has 1 aromatic carbocycles. The van der Waals surface area contributed by atoms with E-state index < -0.39 is 19.8 Å². The van der Waals surface area contributed by atoms with Gasteiger partial charge in [-0.1, -0.05) is 31.8 Å². The summed E-state index contributed by atoms with van der Waals surface area (Å²) in [7, 11) is -1.17. The normalized spacial score (nSPS) is 17.5. The van der Waals surface area contributed by atoms with E-state index in [2.05, 4.69) is 29.9 Å². The summed E-state index contributed by atoms with van der Waals surface area (Å²) in [5.41, 5.74) is 2.94. The van der Waals surface area contributed by atoms with Gasteiger partial charge in [-0.3, -0.25) is 9.80 Å². The number of hydrogen-bond donors (Lipinski definition) is 1. The van der Waals surface area contributed by atoms with Crippen molar-refractivity contribution in [2.45, 2.75) is 70.6 Å². The van der Waals surface area contributed by atoms with Crippen LogP contribution >= 0.6 is 0 Å². The molecule has 5 rings (SSSR count). The van der Waals surface area contributed by atoms with Gasteiger partial charge in [0, 0.05) is 70.2 Å². The Hall–Kier alpha value is -2.89. The number of nitrogens with zero attached hydrogens (tertiary/aromatic N) is 4. The van der Waals surface area contributed by atoms with Crippen molar-refractivity contribution in [1.82, 2.24) is 19.8 Å². The number of fused-ring (bicyclic) bond motifs is 3. The van der Waals surface area contributed by atoms with Crippen molar-refractivity contribution in [2.75, 3.05) is 24.6 Å². The third-order valence-electron chi connectivity index (χ3n) is 7.56. The number of likely N-dealkylation sites (tertiary alicyclic amines) is 1. The maximum atomic E-state index is 13.2. The first-order chi connectivity index (χ1) is 18.5. The first-order valence-electron chi connectivity index (χ1n) is 13.5. The highest BCUT2D eigenvalue weighted by Crippen LogP contribution is 2.36. The number of pyridine rings is 1. The van der Waals surface area contributed by atoms with E-state index >= 15 is 0 Å². The molecule has 0 spiro atoms. The number of rotatable bonds is 8. The first kappa shape index (κ1) is 27.7. The predicted molar refractivity (Wildman–Crippen MR) is 148 cm³/mol. The zero-order valence-corrected chi connectivity index (χ0v) is 23.7. The molecule has 1 saturated heterocycles. The molecule has 2 aromatic heterocycles. The standard InChI is InChI=1S/C28H36F3N5O2Si/c1-39(2,3)15-14-38-19-35-13-10-24-25-21(16-32-26(24)35)17-33-27(37)36(25)23-8-11-34(12-9-23)18-20-4-6-22(7-5-20)28(29,30)31/h4-7,10,13,16,23H,8-9,11-12,14-15,17-19H2,1-3H3,(H,33,37). The summed E-state index contributed by atoms with van der Waals surface area (Å²) in [5.74, 6) is 0. The number of aromatic nitrogens is 2. The van der Waals surface area contributed by atoms with Gasteiger partial charge in [0.1, 0.15) is 12.4 Å². The van der Waals surface area contributed by atoms with Gasteiger partial charge in [0.2, 0.25) is 0 Å². The van der Waals surface area contributed by atoms with E-state index in [-0.39, 0.29) is 12.1 Å². The number of nitrogens with one attached hydrogen (secondary N) is 1. The van der Waals surface area contributed by atoms with Crippen LogP contribution in [-0.4, -0.2) is 54.3 Å². The Morgan fingerprint density at radius 3 is 2.49 bits per heavy atom. The number of carbonyl (C=O) groups excluding carboxylic acids is 1. The van der Waals surface area contributed by atoms with Gasteiger partial charge in [-0.25, -0.2) is 9.78 Å². The van der Waals surface area contributed by atoms with Gasteiger partial charge in [-0.2, -0.15) is 13.2 Å². The summed E-state index contributed by atoms with van der Waals surface area (Å²) in [6, 6.07) is 8.41. The zero-order chi connectivity index (χ0) is 27.8. The third kappa shape index (κ3) is 6.31. The summed E-state index contributed by atoms with van der Waals surface area (Å²) >= 11 is 0. The predicted octanol–water partition coefficient (Wildman–Crippen LogP) is 6.06. The molecule has 11 heteroatoms. The van der Waals surface area contributed by atoms with Crippen LogP contribution < -0.4 is 10.2 Å². The Morgan fingerprint density at radius 2 is 1.82 bits per heavy atom. The van der Waals surface area contributed by atoms with Gasteiger partial charge in [0.15, 0.2) is 0 Å². The van der Waals surface area contributed by atoms with E-state index in [1.54, 1.807) is 12.1 Å². The van der Waals surface area contributed by atoms with E-state index in [0.717, 1.165) is 78.6 Å². The molecule has 0 bridgehead atoms. The second-order valence-electron chi connectivity index (χ2n) is 11.7. The number of carbonyl (C=O) groups is 1. The first-order valence-corrected chi connectivity index (χ1v) is 17.2. The molecule has 4 heterocycles. The molecule has 2 aliphatic heterocycles. The Balaban J connectivity index is 1.27. The molecule has 2 amide bonds. The lowest BCUT2D eigenvalue weighted by Crippen LogP contribution is -2.53. The number of anilines is 1. The van der Waals surface area contributed by atoms with Gasteiger partial charge < -0.3 is 14.6 Å². The molecular weight excluding hydrogens is 523 g/mol. The lowest BCUT2D eigenvalue weighted by atomic mass is 9.99. The van der Waals surface area contributed by atoms with Crippen LogP contribution in [0.2, 0.25) is 25.7 Å². The smallest absolute Gasteiger partial charge is 0.361 e.